The summed E-state index contributed by atoms with van der Waals surface area (Å²) in [5.41, 5.74) is 11.8. The number of H-pyrrole nitrogens is 1. The Hall–Kier alpha value is -3.26. The highest BCUT2D eigenvalue weighted by atomic mass is 32.1. The zero-order chi connectivity index (χ0) is 22.8. The van der Waals surface area contributed by atoms with Crippen LogP contribution in [0.15, 0.2) is 53.9 Å². The minimum Gasteiger partial charge on any atom is -0.326 e. The van der Waals surface area contributed by atoms with Crippen molar-refractivity contribution in [3.63, 3.8) is 0 Å². The second-order valence-corrected chi connectivity index (χ2v) is 9.50. The number of carbonyl (C=O) groups is 1. The van der Waals surface area contributed by atoms with E-state index in [0.717, 1.165) is 69.9 Å². The van der Waals surface area contributed by atoms with E-state index in [9.17, 15) is 4.79 Å². The number of likely N-dealkylation sites (tertiary alicyclic amines) is 1. The first-order valence-electron chi connectivity index (χ1n) is 11.1. The maximum Gasteiger partial charge on any atom is 0.266 e. The van der Waals surface area contributed by atoms with Crippen molar-refractivity contribution in [2.45, 2.75) is 25.9 Å². The number of rotatable bonds is 6. The van der Waals surface area contributed by atoms with Gasteiger partial charge in [-0.1, -0.05) is 36.4 Å². The smallest absolute Gasteiger partial charge is 0.266 e. The van der Waals surface area contributed by atoms with E-state index in [2.05, 4.69) is 38.6 Å². The number of fused-ring (bicyclic) bond motifs is 1. The average Bonchev–Trinajstić information content (AvgIpc) is 3.53. The molecule has 33 heavy (non-hydrogen) atoms. The van der Waals surface area contributed by atoms with Crippen LogP contribution in [0.3, 0.4) is 0 Å². The van der Waals surface area contributed by atoms with Crippen LogP contribution in [0.1, 0.15) is 38.5 Å². The Morgan fingerprint density at radius 1 is 1.27 bits per heavy atom. The molecule has 0 bridgehead atoms. The zero-order valence-corrected chi connectivity index (χ0v) is 19.4. The number of nitrogens with zero attached hydrogens (tertiary/aromatic N) is 2. The number of carbonyl (C=O) groups excluding carboxylic acids is 1. The summed E-state index contributed by atoms with van der Waals surface area (Å²) in [4.78, 5) is 16.1. The van der Waals surface area contributed by atoms with E-state index in [1.807, 2.05) is 54.8 Å². The third kappa shape index (κ3) is 4.75. The molecule has 2 aromatic carbocycles. The van der Waals surface area contributed by atoms with E-state index in [1.54, 1.807) is 0 Å². The molecule has 1 atom stereocenters. The van der Waals surface area contributed by atoms with Gasteiger partial charge < -0.3 is 11.1 Å². The minimum absolute atomic E-state index is 0.0808. The number of nitrogens with two attached hydrogens (primary N) is 1. The molecular weight excluding hydrogens is 430 g/mol. The lowest BCUT2D eigenvalue weighted by Gasteiger charge is -2.17. The number of hydrogen-bond donors (Lipinski definition) is 3. The summed E-state index contributed by atoms with van der Waals surface area (Å²) in [6, 6.07) is 16.5. The van der Waals surface area contributed by atoms with E-state index in [1.165, 1.54) is 11.3 Å². The van der Waals surface area contributed by atoms with Crippen molar-refractivity contribution in [2.75, 3.05) is 18.4 Å². The predicted molar refractivity (Wildman–Crippen MR) is 136 cm³/mol. The van der Waals surface area contributed by atoms with E-state index in [4.69, 9.17) is 5.73 Å². The van der Waals surface area contributed by atoms with Gasteiger partial charge in [0.05, 0.1) is 16.1 Å². The van der Waals surface area contributed by atoms with Crippen LogP contribution in [0.2, 0.25) is 0 Å². The van der Waals surface area contributed by atoms with E-state index in [0.29, 0.717) is 0 Å². The molecule has 1 aliphatic heterocycles. The summed E-state index contributed by atoms with van der Waals surface area (Å²) in [7, 11) is 0. The fourth-order valence-electron chi connectivity index (χ4n) is 4.28. The molecule has 0 aliphatic carbocycles. The molecule has 3 heterocycles. The molecule has 5 rings (SSSR count). The number of para-hydroxylation sites is 1. The Labute approximate surface area is 197 Å². The van der Waals surface area contributed by atoms with Gasteiger partial charge in [0.1, 0.15) is 0 Å². The summed E-state index contributed by atoms with van der Waals surface area (Å²) >= 11 is 1.46. The van der Waals surface area contributed by atoms with Crippen LogP contribution >= 0.6 is 11.3 Å². The Balaban J connectivity index is 1.45. The molecule has 0 radical (unpaired) electrons. The van der Waals surface area contributed by atoms with E-state index < -0.39 is 0 Å². The van der Waals surface area contributed by atoms with Gasteiger partial charge in [-0.3, -0.25) is 14.8 Å². The number of thiophene rings is 1. The van der Waals surface area contributed by atoms with Crippen molar-refractivity contribution in [3.8, 4) is 0 Å². The van der Waals surface area contributed by atoms with Gasteiger partial charge in [-0.15, -0.1) is 11.3 Å². The van der Waals surface area contributed by atoms with Crippen molar-refractivity contribution in [1.82, 2.24) is 15.1 Å². The Morgan fingerprint density at radius 2 is 2.15 bits per heavy atom. The molecule has 168 valence electrons. The molecule has 1 aliphatic rings. The number of nitrogens with one attached hydrogen (secondary N) is 2. The summed E-state index contributed by atoms with van der Waals surface area (Å²) in [5, 5.41) is 13.6. The molecule has 0 spiro atoms. The second kappa shape index (κ2) is 9.31. The van der Waals surface area contributed by atoms with Gasteiger partial charge in [0, 0.05) is 36.7 Å². The number of aromatic amines is 1. The molecular formula is C26H27N5OS. The molecule has 1 fully saturated rings. The van der Waals surface area contributed by atoms with Crippen LogP contribution in [0.4, 0.5) is 5.69 Å². The third-order valence-corrected chi connectivity index (χ3v) is 7.09. The quantitative estimate of drug-likeness (QED) is 0.385. The monoisotopic (exact) mass is 457 g/mol. The van der Waals surface area contributed by atoms with E-state index >= 15 is 0 Å². The number of hydrogen-bond acceptors (Lipinski definition) is 5. The maximum atomic E-state index is 13.0. The van der Waals surface area contributed by atoms with Gasteiger partial charge in [-0.2, -0.15) is 5.10 Å². The Kier molecular flexibility index (Phi) is 6.09. The van der Waals surface area contributed by atoms with Gasteiger partial charge in [-0.25, -0.2) is 0 Å². The number of benzene rings is 2. The lowest BCUT2D eigenvalue weighted by Crippen LogP contribution is -2.26. The molecule has 4 aromatic rings. The van der Waals surface area contributed by atoms with Crippen molar-refractivity contribution >= 4 is 46.0 Å². The Morgan fingerprint density at radius 3 is 2.94 bits per heavy atom. The lowest BCUT2D eigenvalue weighted by atomic mass is 10.1. The fourth-order valence-corrected chi connectivity index (χ4v) is 5.10. The summed E-state index contributed by atoms with van der Waals surface area (Å²) in [6.45, 7) is 4.69. The van der Waals surface area contributed by atoms with Crippen molar-refractivity contribution in [1.29, 1.82) is 0 Å². The van der Waals surface area contributed by atoms with Crippen LogP contribution in [-0.2, 0) is 6.54 Å². The second-order valence-electron chi connectivity index (χ2n) is 8.58. The highest BCUT2D eigenvalue weighted by Crippen LogP contribution is 2.26. The molecule has 6 nitrogen and oxygen atoms in total. The number of amides is 1. The van der Waals surface area contributed by atoms with Gasteiger partial charge in [0.25, 0.3) is 5.91 Å². The third-order valence-electron chi connectivity index (χ3n) is 6.07. The van der Waals surface area contributed by atoms with Crippen LogP contribution in [0.5, 0.6) is 0 Å². The molecule has 0 saturated carbocycles. The first-order valence-corrected chi connectivity index (χ1v) is 12.0. The summed E-state index contributed by atoms with van der Waals surface area (Å²) < 4.78 is 0. The molecule has 4 N–H and O–H groups in total. The van der Waals surface area contributed by atoms with Gasteiger partial charge in [-0.05, 0) is 59.7 Å². The molecule has 0 unspecified atom stereocenters. The van der Waals surface area contributed by atoms with Gasteiger partial charge >= 0.3 is 0 Å². The highest BCUT2D eigenvalue weighted by Gasteiger charge is 2.19. The lowest BCUT2D eigenvalue weighted by molar-refractivity contribution is 0.103. The van der Waals surface area contributed by atoms with Crippen molar-refractivity contribution in [2.24, 2.45) is 5.73 Å². The van der Waals surface area contributed by atoms with Crippen LogP contribution in [0, 0.1) is 6.92 Å². The summed E-state index contributed by atoms with van der Waals surface area (Å²) in [6.07, 6.45) is 5.02. The van der Waals surface area contributed by atoms with Crippen LogP contribution in [0.25, 0.3) is 23.1 Å². The van der Waals surface area contributed by atoms with Gasteiger partial charge in [0.2, 0.25) is 0 Å². The molecule has 2 aromatic heterocycles. The number of aryl methyl sites for hydroxylation is 1. The molecule has 7 heteroatoms. The molecule has 1 saturated heterocycles. The van der Waals surface area contributed by atoms with Crippen LogP contribution in [-0.4, -0.2) is 40.1 Å². The zero-order valence-electron chi connectivity index (χ0n) is 18.5. The SMILES string of the molecule is Cc1ccsc1C(=O)Nc1cc(CN2CC[C@@H](N)C2)ccc1/C=C/c1n[nH]c2ccccc12. The minimum atomic E-state index is -0.0808. The summed E-state index contributed by atoms with van der Waals surface area (Å²) in [5.74, 6) is -0.0808. The van der Waals surface area contributed by atoms with Crippen LogP contribution < -0.4 is 11.1 Å². The standard InChI is InChI=1S/C26H27N5OS/c1-17-11-13-33-25(17)26(32)28-24-14-18(15-31-12-10-20(27)16-31)6-7-19(24)8-9-23-21-4-2-3-5-22(21)29-30-23/h2-9,11,13-14,20H,10,12,15-16,27H2,1H3,(H,28,32)(H,29,30)/b9-8+/t20-/m1/s1. The van der Waals surface area contributed by atoms with Crippen molar-refractivity contribution in [3.05, 3.63) is 81.2 Å². The first-order chi connectivity index (χ1) is 16.1. The maximum absolute atomic E-state index is 13.0. The van der Waals surface area contributed by atoms with E-state index in [-0.39, 0.29) is 11.9 Å². The van der Waals surface area contributed by atoms with Gasteiger partial charge in [0.15, 0.2) is 0 Å². The predicted octanol–water partition coefficient (Wildman–Crippen LogP) is 4.89. The largest absolute Gasteiger partial charge is 0.326 e. The van der Waals surface area contributed by atoms with Crippen molar-refractivity contribution < 1.29 is 4.79 Å². The number of anilines is 1. The first kappa shape index (κ1) is 21.6. The fraction of sp³-hybridized carbons (Fsp3) is 0.231. The Bertz CT molecular complexity index is 1320. The average molecular weight is 458 g/mol. The molecule has 1 amide bonds. The topological polar surface area (TPSA) is 87.0 Å². The normalized spacial score (nSPS) is 16.7. The number of aromatic nitrogens is 2. The highest BCUT2D eigenvalue weighted by molar-refractivity contribution is 7.12.